The maximum Gasteiger partial charge on any atom is 0.318 e. The van der Waals surface area contributed by atoms with Crippen LogP contribution in [-0.4, -0.2) is 34.8 Å². The third-order valence-corrected chi connectivity index (χ3v) is 2.42. The number of halogens is 1. The van der Waals surface area contributed by atoms with Crippen LogP contribution in [0.25, 0.3) is 0 Å². The summed E-state index contributed by atoms with van der Waals surface area (Å²) in [7, 11) is 1.49. The van der Waals surface area contributed by atoms with Gasteiger partial charge in [0.25, 0.3) is 0 Å². The highest BCUT2D eigenvalue weighted by Crippen LogP contribution is 2.19. The molecule has 0 radical (unpaired) electrons. The molecule has 0 aliphatic rings. The lowest BCUT2D eigenvalue weighted by Crippen LogP contribution is -2.13. The summed E-state index contributed by atoms with van der Waals surface area (Å²) in [6.07, 6.45) is 2.57. The Bertz CT molecular complexity index is 336. The van der Waals surface area contributed by atoms with E-state index in [1.54, 1.807) is 0 Å². The van der Waals surface area contributed by atoms with E-state index in [0.29, 0.717) is 23.8 Å². The van der Waals surface area contributed by atoms with Crippen molar-refractivity contribution in [2.24, 2.45) is 0 Å². The zero-order chi connectivity index (χ0) is 12.0. The lowest BCUT2D eigenvalue weighted by Gasteiger charge is -2.10. The lowest BCUT2D eigenvalue weighted by atomic mass is 10.2. The number of hydrogen-bond donors (Lipinski definition) is 2. The Morgan fingerprint density at radius 2 is 2.38 bits per heavy atom. The molecule has 0 fully saturated rings. The second-order valence-corrected chi connectivity index (χ2v) is 3.74. The Balaban J connectivity index is 2.52. The maximum absolute atomic E-state index is 9.38. The molecule has 1 rings (SSSR count). The molecule has 0 bridgehead atoms. The number of rotatable bonds is 6. The first-order chi connectivity index (χ1) is 7.67. The monoisotopic (exact) mass is 245 g/mol. The normalized spacial score (nSPS) is 12.2. The first-order valence-corrected chi connectivity index (χ1v) is 5.53. The fourth-order valence-electron chi connectivity index (χ4n) is 1.13. The number of ether oxygens (including phenoxy) is 1. The van der Waals surface area contributed by atoms with Crippen molar-refractivity contribution in [3.05, 3.63) is 11.2 Å². The van der Waals surface area contributed by atoms with Crippen molar-refractivity contribution in [2.75, 3.05) is 19.0 Å². The molecule has 0 aliphatic carbocycles. The Kier molecular flexibility index (Phi) is 5.28. The van der Waals surface area contributed by atoms with E-state index < -0.39 is 0 Å². The molecule has 1 aromatic rings. The van der Waals surface area contributed by atoms with Crippen molar-refractivity contribution in [3.63, 3.8) is 0 Å². The lowest BCUT2D eigenvalue weighted by molar-refractivity contribution is 0.164. The van der Waals surface area contributed by atoms with E-state index in [1.165, 1.54) is 13.3 Å². The second kappa shape index (κ2) is 6.50. The summed E-state index contributed by atoms with van der Waals surface area (Å²) in [4.78, 5) is 7.92. The highest BCUT2D eigenvalue weighted by Gasteiger charge is 2.06. The minimum atomic E-state index is -0.296. The molecule has 1 atom stereocenters. The number of methoxy groups -OCH3 is 1. The number of aromatic nitrogens is 2. The summed E-state index contributed by atoms with van der Waals surface area (Å²) in [6, 6.07) is 0.267. The van der Waals surface area contributed by atoms with Gasteiger partial charge in [0.2, 0.25) is 0 Å². The van der Waals surface area contributed by atoms with Crippen LogP contribution in [0.4, 0.5) is 5.82 Å². The quantitative estimate of drug-likeness (QED) is 0.799. The summed E-state index contributed by atoms with van der Waals surface area (Å²) >= 11 is 5.90. The van der Waals surface area contributed by atoms with Gasteiger partial charge in [0, 0.05) is 6.54 Å². The number of nitrogens with zero attached hydrogens (tertiary/aromatic N) is 2. The van der Waals surface area contributed by atoms with Gasteiger partial charge in [0.1, 0.15) is 5.02 Å². The van der Waals surface area contributed by atoms with E-state index in [-0.39, 0.29) is 12.1 Å². The average molecular weight is 246 g/mol. The van der Waals surface area contributed by atoms with E-state index in [4.69, 9.17) is 16.3 Å². The van der Waals surface area contributed by atoms with Crippen LogP contribution in [0.1, 0.15) is 19.8 Å². The van der Waals surface area contributed by atoms with Gasteiger partial charge in [0.05, 0.1) is 19.4 Å². The van der Waals surface area contributed by atoms with Crippen LogP contribution in [0.3, 0.4) is 0 Å². The van der Waals surface area contributed by atoms with Gasteiger partial charge >= 0.3 is 6.01 Å². The van der Waals surface area contributed by atoms with E-state index in [9.17, 15) is 5.11 Å². The fourth-order valence-corrected chi connectivity index (χ4v) is 1.29. The smallest absolute Gasteiger partial charge is 0.318 e. The molecule has 0 aromatic carbocycles. The molecule has 16 heavy (non-hydrogen) atoms. The fraction of sp³-hybridized carbons (Fsp3) is 0.600. The van der Waals surface area contributed by atoms with E-state index >= 15 is 0 Å². The van der Waals surface area contributed by atoms with Crippen molar-refractivity contribution in [1.82, 2.24) is 9.97 Å². The SMILES string of the molecule is CCC(O)CCNc1nc(OC)ncc1Cl. The molecule has 1 aromatic heterocycles. The average Bonchev–Trinajstić information content (AvgIpc) is 2.31. The van der Waals surface area contributed by atoms with Crippen molar-refractivity contribution in [2.45, 2.75) is 25.9 Å². The molecule has 0 saturated heterocycles. The van der Waals surface area contributed by atoms with Gasteiger partial charge < -0.3 is 15.2 Å². The van der Waals surface area contributed by atoms with Crippen LogP contribution in [0.5, 0.6) is 6.01 Å². The molecule has 2 N–H and O–H groups in total. The zero-order valence-corrected chi connectivity index (χ0v) is 10.2. The van der Waals surface area contributed by atoms with Crippen molar-refractivity contribution in [1.29, 1.82) is 0 Å². The molecule has 0 spiro atoms. The van der Waals surface area contributed by atoms with Gasteiger partial charge in [0.15, 0.2) is 5.82 Å². The molecule has 0 saturated carbocycles. The molecule has 1 unspecified atom stereocenters. The topological polar surface area (TPSA) is 67.3 Å². The van der Waals surface area contributed by atoms with E-state index in [0.717, 1.165) is 6.42 Å². The number of aliphatic hydroxyl groups excluding tert-OH is 1. The van der Waals surface area contributed by atoms with Gasteiger partial charge in [-0.1, -0.05) is 18.5 Å². The minimum Gasteiger partial charge on any atom is -0.467 e. The Morgan fingerprint density at radius 1 is 1.62 bits per heavy atom. The summed E-state index contributed by atoms with van der Waals surface area (Å²) in [6.45, 7) is 2.54. The van der Waals surface area contributed by atoms with Crippen LogP contribution in [-0.2, 0) is 0 Å². The number of anilines is 1. The number of aliphatic hydroxyl groups is 1. The van der Waals surface area contributed by atoms with Gasteiger partial charge in [-0.05, 0) is 12.8 Å². The minimum absolute atomic E-state index is 0.267. The largest absolute Gasteiger partial charge is 0.467 e. The van der Waals surface area contributed by atoms with Gasteiger partial charge in [-0.2, -0.15) is 4.98 Å². The molecular weight excluding hydrogens is 230 g/mol. The molecule has 6 heteroatoms. The van der Waals surface area contributed by atoms with Crippen molar-refractivity contribution in [3.8, 4) is 6.01 Å². The zero-order valence-electron chi connectivity index (χ0n) is 9.40. The Morgan fingerprint density at radius 3 is 3.00 bits per heavy atom. The predicted octanol–water partition coefficient (Wildman–Crippen LogP) is 1.71. The molecule has 5 nitrogen and oxygen atoms in total. The number of hydrogen-bond acceptors (Lipinski definition) is 5. The highest BCUT2D eigenvalue weighted by atomic mass is 35.5. The molecule has 0 aliphatic heterocycles. The summed E-state index contributed by atoms with van der Waals surface area (Å²) in [5.41, 5.74) is 0. The first-order valence-electron chi connectivity index (χ1n) is 5.15. The van der Waals surface area contributed by atoms with Crippen molar-refractivity contribution >= 4 is 17.4 Å². The number of nitrogens with one attached hydrogen (secondary N) is 1. The van der Waals surface area contributed by atoms with Crippen LogP contribution in [0, 0.1) is 0 Å². The molecule has 90 valence electrons. The summed E-state index contributed by atoms with van der Waals surface area (Å²) < 4.78 is 4.89. The van der Waals surface area contributed by atoms with Gasteiger partial charge in [-0.3, -0.25) is 0 Å². The van der Waals surface area contributed by atoms with Crippen LogP contribution in [0.15, 0.2) is 6.20 Å². The summed E-state index contributed by atoms with van der Waals surface area (Å²) in [5.74, 6) is 0.525. The molecule has 1 heterocycles. The highest BCUT2D eigenvalue weighted by molar-refractivity contribution is 6.32. The van der Waals surface area contributed by atoms with Gasteiger partial charge in [-0.25, -0.2) is 4.98 Å². The molecular formula is C10H16ClN3O2. The van der Waals surface area contributed by atoms with Crippen LogP contribution < -0.4 is 10.1 Å². The van der Waals surface area contributed by atoms with Crippen molar-refractivity contribution < 1.29 is 9.84 Å². The second-order valence-electron chi connectivity index (χ2n) is 3.33. The van der Waals surface area contributed by atoms with Gasteiger partial charge in [-0.15, -0.1) is 0 Å². The van der Waals surface area contributed by atoms with Crippen LogP contribution in [0.2, 0.25) is 5.02 Å². The molecule has 0 amide bonds. The predicted molar refractivity (Wildman–Crippen MR) is 63.0 cm³/mol. The maximum atomic E-state index is 9.38. The summed E-state index contributed by atoms with van der Waals surface area (Å²) in [5, 5.41) is 12.8. The van der Waals surface area contributed by atoms with E-state index in [1.807, 2.05) is 6.92 Å². The standard InChI is InChI=1S/C10H16ClN3O2/c1-3-7(15)4-5-12-9-8(11)6-13-10(14-9)16-2/h6-7,15H,3-5H2,1-2H3,(H,12,13,14). The van der Waals surface area contributed by atoms with E-state index in [2.05, 4.69) is 15.3 Å². The Labute approximate surface area is 99.8 Å². The Hall–Kier alpha value is -1.07. The third-order valence-electron chi connectivity index (χ3n) is 2.15. The third kappa shape index (κ3) is 3.83. The first kappa shape index (κ1) is 13.0. The van der Waals surface area contributed by atoms with Crippen LogP contribution >= 0.6 is 11.6 Å².